The van der Waals surface area contributed by atoms with E-state index in [1.807, 2.05) is 27.7 Å². The number of nitrogens with zero attached hydrogens (tertiary/aromatic N) is 5. The van der Waals surface area contributed by atoms with E-state index in [9.17, 15) is 14.0 Å². The maximum atomic E-state index is 15.6. The van der Waals surface area contributed by atoms with Gasteiger partial charge in [0, 0.05) is 18.2 Å². The van der Waals surface area contributed by atoms with Crippen molar-refractivity contribution < 1.29 is 13.6 Å². The molecule has 1 aromatic carbocycles. The molecule has 0 unspecified atom stereocenters. The van der Waals surface area contributed by atoms with Gasteiger partial charge in [-0.2, -0.15) is 4.98 Å². The number of aromatic nitrogens is 5. The van der Waals surface area contributed by atoms with Crippen LogP contribution in [0.2, 0.25) is 0 Å². The van der Waals surface area contributed by atoms with Gasteiger partial charge in [0.05, 0.1) is 22.5 Å². The predicted octanol–water partition coefficient (Wildman–Crippen LogP) is 4.87. The van der Waals surface area contributed by atoms with E-state index in [4.69, 9.17) is 0 Å². The van der Waals surface area contributed by atoms with Crippen molar-refractivity contribution in [1.29, 1.82) is 0 Å². The lowest BCUT2D eigenvalue weighted by Crippen LogP contribution is -2.35. The Morgan fingerprint density at radius 2 is 1.68 bits per heavy atom. The SMILES string of the molecule is C=CC(=O)NC[C@H](C)Nc1nc(=O)n(-c2c(C(C)C)ncnc2C(C)C)c2nc(-c3ccccc3F)c(F)cc12. The van der Waals surface area contributed by atoms with Gasteiger partial charge < -0.3 is 10.6 Å². The summed E-state index contributed by atoms with van der Waals surface area (Å²) < 4.78 is 31.6. The molecule has 0 spiro atoms. The Morgan fingerprint density at radius 3 is 2.27 bits per heavy atom. The van der Waals surface area contributed by atoms with Gasteiger partial charge in [-0.1, -0.05) is 46.4 Å². The molecule has 0 aliphatic rings. The molecule has 0 radical (unpaired) electrons. The van der Waals surface area contributed by atoms with E-state index in [0.717, 1.165) is 6.08 Å². The first-order chi connectivity index (χ1) is 19.0. The molecule has 0 aliphatic carbocycles. The van der Waals surface area contributed by atoms with E-state index in [2.05, 4.69) is 37.1 Å². The number of hydrogen-bond donors (Lipinski definition) is 2. The van der Waals surface area contributed by atoms with E-state index in [1.165, 1.54) is 35.2 Å². The van der Waals surface area contributed by atoms with Crippen LogP contribution in [-0.4, -0.2) is 43.0 Å². The lowest BCUT2D eigenvalue weighted by Gasteiger charge is -2.22. The molecular formula is C29H31F2N7O2. The molecule has 3 heterocycles. The van der Waals surface area contributed by atoms with Gasteiger partial charge in [0.2, 0.25) is 5.91 Å². The molecular weight excluding hydrogens is 516 g/mol. The summed E-state index contributed by atoms with van der Waals surface area (Å²) in [5.74, 6) is -1.95. The highest BCUT2D eigenvalue weighted by atomic mass is 19.1. The standard InChI is InChI=1S/C29H31F2N7O2/c1-7-22(39)32-13-17(6)35-27-19-12-21(31)25(18-10-8-9-11-20(18)30)36-28(19)38(29(40)37-27)26-23(15(2)3)33-14-34-24(26)16(4)5/h7-12,14-17H,1,13H2,2-6H3,(H,32,39)(H,35,37,40)/t17-/m0/s1. The summed E-state index contributed by atoms with van der Waals surface area (Å²) in [6, 6.07) is 6.49. The summed E-state index contributed by atoms with van der Waals surface area (Å²) in [5.41, 5.74) is 0.637. The Kier molecular flexibility index (Phi) is 8.32. The fraction of sp³-hybridized carbons (Fsp3) is 0.310. The molecule has 0 saturated carbocycles. The van der Waals surface area contributed by atoms with E-state index >= 15 is 4.39 Å². The number of fused-ring (bicyclic) bond motifs is 1. The number of carbonyl (C=O) groups is 1. The van der Waals surface area contributed by atoms with Gasteiger partial charge in [0.15, 0.2) is 5.65 Å². The normalized spacial score (nSPS) is 12.1. The van der Waals surface area contributed by atoms with E-state index < -0.39 is 23.4 Å². The second-order valence-corrected chi connectivity index (χ2v) is 10.0. The molecule has 4 rings (SSSR count). The minimum Gasteiger partial charge on any atom is -0.365 e. The fourth-order valence-corrected chi connectivity index (χ4v) is 4.37. The Hall–Kier alpha value is -4.54. The number of carbonyl (C=O) groups excluding carboxylic acids is 1. The van der Waals surface area contributed by atoms with Gasteiger partial charge in [0.25, 0.3) is 0 Å². The number of anilines is 1. The molecule has 0 fully saturated rings. The molecule has 1 amide bonds. The number of rotatable bonds is 9. The third-order valence-corrected chi connectivity index (χ3v) is 6.30. The second kappa shape index (κ2) is 11.7. The maximum Gasteiger partial charge on any atom is 0.355 e. The third kappa shape index (κ3) is 5.58. The van der Waals surface area contributed by atoms with Gasteiger partial charge in [-0.25, -0.2) is 33.1 Å². The summed E-state index contributed by atoms with van der Waals surface area (Å²) in [7, 11) is 0. The van der Waals surface area contributed by atoms with Gasteiger partial charge in [-0.05, 0) is 43.0 Å². The Labute approximate surface area is 230 Å². The Morgan fingerprint density at radius 1 is 1.02 bits per heavy atom. The lowest BCUT2D eigenvalue weighted by atomic mass is 10.0. The van der Waals surface area contributed by atoms with Crippen molar-refractivity contribution in [3.8, 4) is 16.9 Å². The lowest BCUT2D eigenvalue weighted by molar-refractivity contribution is -0.116. The van der Waals surface area contributed by atoms with Crippen molar-refractivity contribution in [3.05, 3.63) is 82.8 Å². The molecule has 2 N–H and O–H groups in total. The molecule has 0 saturated heterocycles. The zero-order valence-corrected chi connectivity index (χ0v) is 23.0. The van der Waals surface area contributed by atoms with Crippen molar-refractivity contribution >= 4 is 22.8 Å². The topological polar surface area (TPSA) is 115 Å². The van der Waals surface area contributed by atoms with Crippen molar-refractivity contribution in [2.75, 3.05) is 11.9 Å². The van der Waals surface area contributed by atoms with Crippen LogP contribution in [0.25, 0.3) is 28.0 Å². The molecule has 0 bridgehead atoms. The van der Waals surface area contributed by atoms with Crippen LogP contribution in [0.1, 0.15) is 57.8 Å². The Balaban J connectivity index is 2.05. The summed E-state index contributed by atoms with van der Waals surface area (Å²) in [5, 5.41) is 5.92. The van der Waals surface area contributed by atoms with Crippen LogP contribution in [0.5, 0.6) is 0 Å². The summed E-state index contributed by atoms with van der Waals surface area (Å²) in [6.45, 7) is 13.1. The van der Waals surface area contributed by atoms with Crippen LogP contribution < -0.4 is 16.3 Å². The van der Waals surface area contributed by atoms with E-state index in [0.29, 0.717) is 17.1 Å². The smallest absolute Gasteiger partial charge is 0.355 e. The average molecular weight is 548 g/mol. The van der Waals surface area contributed by atoms with Gasteiger partial charge in [-0.3, -0.25) is 4.79 Å². The average Bonchev–Trinajstić information content (AvgIpc) is 2.91. The number of hydrogen-bond acceptors (Lipinski definition) is 7. The maximum absolute atomic E-state index is 15.6. The fourth-order valence-electron chi connectivity index (χ4n) is 4.37. The number of amides is 1. The van der Waals surface area contributed by atoms with Crippen molar-refractivity contribution in [1.82, 2.24) is 29.8 Å². The summed E-state index contributed by atoms with van der Waals surface area (Å²) >= 11 is 0. The molecule has 208 valence electrons. The second-order valence-electron chi connectivity index (χ2n) is 10.0. The van der Waals surface area contributed by atoms with Crippen LogP contribution >= 0.6 is 0 Å². The van der Waals surface area contributed by atoms with Gasteiger partial charge in [-0.15, -0.1) is 0 Å². The summed E-state index contributed by atoms with van der Waals surface area (Å²) in [4.78, 5) is 43.1. The molecule has 4 aromatic rings. The molecule has 1 atom stereocenters. The van der Waals surface area contributed by atoms with Crippen molar-refractivity contribution in [3.63, 3.8) is 0 Å². The number of nitrogens with one attached hydrogen (secondary N) is 2. The number of pyridine rings is 1. The summed E-state index contributed by atoms with van der Waals surface area (Å²) in [6.07, 6.45) is 2.59. The van der Waals surface area contributed by atoms with Crippen LogP contribution in [-0.2, 0) is 4.79 Å². The predicted molar refractivity (Wildman–Crippen MR) is 151 cm³/mol. The quantitative estimate of drug-likeness (QED) is 0.288. The minimum absolute atomic E-state index is 0.0507. The highest BCUT2D eigenvalue weighted by Gasteiger charge is 2.25. The minimum atomic E-state index is -0.794. The number of halogens is 2. The van der Waals surface area contributed by atoms with E-state index in [1.54, 1.807) is 13.0 Å². The van der Waals surface area contributed by atoms with Gasteiger partial charge in [0.1, 0.15) is 29.5 Å². The van der Waals surface area contributed by atoms with Crippen LogP contribution in [0.15, 0.2) is 54.1 Å². The zero-order valence-electron chi connectivity index (χ0n) is 23.0. The highest BCUT2D eigenvalue weighted by Crippen LogP contribution is 2.33. The monoisotopic (exact) mass is 547 g/mol. The molecule has 0 aliphatic heterocycles. The molecule has 9 nitrogen and oxygen atoms in total. The first-order valence-corrected chi connectivity index (χ1v) is 12.9. The zero-order chi connectivity index (χ0) is 29.1. The molecule has 40 heavy (non-hydrogen) atoms. The highest BCUT2D eigenvalue weighted by molar-refractivity contribution is 5.90. The van der Waals surface area contributed by atoms with Crippen molar-refractivity contribution in [2.45, 2.75) is 52.5 Å². The van der Waals surface area contributed by atoms with Crippen LogP contribution in [0.4, 0.5) is 14.6 Å². The number of benzene rings is 1. The van der Waals surface area contributed by atoms with Crippen LogP contribution in [0, 0.1) is 11.6 Å². The first kappa shape index (κ1) is 28.5. The van der Waals surface area contributed by atoms with E-state index in [-0.39, 0.29) is 52.4 Å². The van der Waals surface area contributed by atoms with Crippen molar-refractivity contribution in [2.24, 2.45) is 0 Å². The van der Waals surface area contributed by atoms with Gasteiger partial charge >= 0.3 is 5.69 Å². The first-order valence-electron chi connectivity index (χ1n) is 12.9. The van der Waals surface area contributed by atoms with Crippen LogP contribution in [0.3, 0.4) is 0 Å². The largest absolute Gasteiger partial charge is 0.365 e. The molecule has 11 heteroatoms. The molecule has 3 aromatic heterocycles. The Bertz CT molecular complexity index is 1620. The third-order valence-electron chi connectivity index (χ3n) is 6.30.